The number of anilines is 1. The first-order valence-electron chi connectivity index (χ1n) is 10.3. The molecule has 4 atom stereocenters. The molecule has 4 rings (SSSR count). The van der Waals surface area contributed by atoms with Gasteiger partial charge in [0.05, 0.1) is 6.33 Å². The molecule has 2 aliphatic rings. The van der Waals surface area contributed by atoms with Crippen LogP contribution in [0.15, 0.2) is 12.7 Å². The summed E-state index contributed by atoms with van der Waals surface area (Å²) in [5.41, 5.74) is 6.76. The van der Waals surface area contributed by atoms with Gasteiger partial charge in [-0.05, 0) is 38.9 Å². The number of ether oxygens (including phenoxy) is 1. The molecular weight excluding hydrogens is 374 g/mol. The zero-order valence-corrected chi connectivity index (χ0v) is 17.1. The molecule has 0 unspecified atom stereocenters. The molecule has 0 radical (unpaired) electrons. The third kappa shape index (κ3) is 4.22. The lowest BCUT2D eigenvalue weighted by Crippen LogP contribution is -2.42. The number of nitrogen functional groups attached to an aromatic ring is 1. The molecule has 2 aromatic heterocycles. The summed E-state index contributed by atoms with van der Waals surface area (Å²) < 4.78 is 7.63. The molecule has 2 aromatic rings. The Labute approximate surface area is 170 Å². The van der Waals surface area contributed by atoms with Crippen molar-refractivity contribution >= 4 is 17.0 Å². The smallest absolute Gasteiger partial charge is 0.167 e. The average Bonchev–Trinajstić information content (AvgIpc) is 3.25. The number of fused-ring (bicyclic) bond motifs is 1. The first kappa shape index (κ1) is 20.4. The van der Waals surface area contributed by atoms with Crippen LogP contribution in [0.4, 0.5) is 5.82 Å². The van der Waals surface area contributed by atoms with Crippen LogP contribution in [0.3, 0.4) is 0 Å². The number of rotatable bonds is 6. The van der Waals surface area contributed by atoms with Gasteiger partial charge in [0.1, 0.15) is 30.2 Å². The quantitative estimate of drug-likeness (QED) is 0.593. The summed E-state index contributed by atoms with van der Waals surface area (Å²) in [7, 11) is 2.02. The molecular formula is C19H31N7O3. The van der Waals surface area contributed by atoms with Crippen molar-refractivity contribution in [2.45, 2.75) is 44.3 Å². The van der Waals surface area contributed by atoms with Gasteiger partial charge in [0.25, 0.3) is 0 Å². The predicted molar refractivity (Wildman–Crippen MR) is 108 cm³/mol. The molecule has 0 amide bonds. The zero-order valence-electron chi connectivity index (χ0n) is 17.1. The Kier molecular flexibility index (Phi) is 5.98. The summed E-state index contributed by atoms with van der Waals surface area (Å²) in [6.07, 6.45) is 2.04. The van der Waals surface area contributed by atoms with E-state index in [0.29, 0.717) is 17.7 Å². The van der Waals surface area contributed by atoms with Crippen molar-refractivity contribution in [3.05, 3.63) is 12.7 Å². The predicted octanol–water partition coefficient (Wildman–Crippen LogP) is -0.309. The number of likely N-dealkylation sites (N-methyl/N-ethyl adjacent to an activating group) is 1. The van der Waals surface area contributed by atoms with Crippen LogP contribution in [0.5, 0.6) is 0 Å². The first-order valence-corrected chi connectivity index (χ1v) is 10.3. The Morgan fingerprint density at radius 3 is 2.72 bits per heavy atom. The van der Waals surface area contributed by atoms with Crippen molar-refractivity contribution in [2.75, 3.05) is 45.5 Å². The lowest BCUT2D eigenvalue weighted by Gasteiger charge is -2.32. The number of imidazole rings is 1. The molecule has 29 heavy (non-hydrogen) atoms. The number of piperidine rings is 1. The van der Waals surface area contributed by atoms with Gasteiger partial charge < -0.3 is 30.5 Å². The fourth-order valence-electron chi connectivity index (χ4n) is 4.16. The van der Waals surface area contributed by atoms with Crippen LogP contribution in [0.1, 0.15) is 26.0 Å². The van der Waals surface area contributed by atoms with E-state index >= 15 is 0 Å². The van der Waals surface area contributed by atoms with Gasteiger partial charge in [-0.3, -0.25) is 4.57 Å². The van der Waals surface area contributed by atoms with Crippen LogP contribution in [0.2, 0.25) is 0 Å². The molecule has 2 saturated heterocycles. The summed E-state index contributed by atoms with van der Waals surface area (Å²) in [5.74, 6) is 1.09. The second kappa shape index (κ2) is 8.49. The maximum Gasteiger partial charge on any atom is 0.167 e. The molecule has 10 heteroatoms. The van der Waals surface area contributed by atoms with Crippen molar-refractivity contribution in [3.63, 3.8) is 0 Å². The number of nitrogens with two attached hydrogens (primary N) is 1. The maximum absolute atomic E-state index is 10.6. The fraction of sp³-hybridized carbons (Fsp3) is 0.737. The van der Waals surface area contributed by atoms with Crippen LogP contribution in [-0.4, -0.2) is 97.6 Å². The average molecular weight is 406 g/mol. The van der Waals surface area contributed by atoms with Gasteiger partial charge in [0, 0.05) is 19.6 Å². The monoisotopic (exact) mass is 405 g/mol. The molecule has 4 N–H and O–H groups in total. The number of hydrogen-bond donors (Lipinski definition) is 3. The van der Waals surface area contributed by atoms with Gasteiger partial charge in [-0.25, -0.2) is 15.0 Å². The number of nitrogens with zero attached hydrogens (tertiary/aromatic N) is 6. The molecule has 160 valence electrons. The number of likely N-dealkylation sites (tertiary alicyclic amines) is 1. The zero-order chi connectivity index (χ0) is 20.5. The van der Waals surface area contributed by atoms with E-state index in [1.807, 2.05) is 7.05 Å². The minimum absolute atomic E-state index is 0.269. The van der Waals surface area contributed by atoms with Crippen molar-refractivity contribution in [3.8, 4) is 0 Å². The van der Waals surface area contributed by atoms with E-state index in [1.165, 1.54) is 25.5 Å². The van der Waals surface area contributed by atoms with Crippen LogP contribution in [-0.2, 0) is 4.74 Å². The maximum atomic E-state index is 10.6. The Balaban J connectivity index is 1.36. The number of aliphatic hydroxyl groups excluding tert-OH is 2. The Hall–Kier alpha value is -1.85. The highest BCUT2D eigenvalue weighted by Gasteiger charge is 2.44. The molecule has 0 aliphatic carbocycles. The van der Waals surface area contributed by atoms with Crippen molar-refractivity contribution < 1.29 is 14.9 Å². The van der Waals surface area contributed by atoms with Gasteiger partial charge in [-0.2, -0.15) is 0 Å². The summed E-state index contributed by atoms with van der Waals surface area (Å²) in [5, 5.41) is 21.1. The minimum atomic E-state index is -1.08. The molecule has 4 heterocycles. The first-order chi connectivity index (χ1) is 13.9. The van der Waals surface area contributed by atoms with E-state index in [-0.39, 0.29) is 5.82 Å². The van der Waals surface area contributed by atoms with Crippen LogP contribution < -0.4 is 5.73 Å². The van der Waals surface area contributed by atoms with E-state index in [9.17, 15) is 10.2 Å². The molecule has 0 saturated carbocycles. The number of hydrogen-bond acceptors (Lipinski definition) is 9. The molecule has 2 fully saturated rings. The lowest BCUT2D eigenvalue weighted by atomic mass is 9.99. The van der Waals surface area contributed by atoms with E-state index in [0.717, 1.165) is 32.1 Å². The van der Waals surface area contributed by atoms with Gasteiger partial charge in [-0.15, -0.1) is 0 Å². The topological polar surface area (TPSA) is 126 Å². The molecule has 0 spiro atoms. The SMILES string of the molecule is CC1CCN(CCN(C)C[C@H]2O[C@@H](n3cnc4c(N)ncnc43)[C@H](O)[C@@H]2O)CC1. The highest BCUT2D eigenvalue weighted by Crippen LogP contribution is 2.32. The van der Waals surface area contributed by atoms with Crippen LogP contribution in [0.25, 0.3) is 11.2 Å². The highest BCUT2D eigenvalue weighted by molar-refractivity contribution is 5.81. The van der Waals surface area contributed by atoms with E-state index in [1.54, 1.807) is 4.57 Å². The third-order valence-electron chi connectivity index (χ3n) is 6.16. The molecule has 0 aromatic carbocycles. The van der Waals surface area contributed by atoms with Crippen molar-refractivity contribution in [1.29, 1.82) is 0 Å². The largest absolute Gasteiger partial charge is 0.387 e. The standard InChI is InChI=1S/C19H31N7O3/c1-12-3-5-25(6-4-12)8-7-24(2)9-13-15(27)16(28)19(29-13)26-11-23-14-17(20)21-10-22-18(14)26/h10-13,15-16,19,27-28H,3-9H2,1-2H3,(H2,20,21,22)/t13-,15-,16-,19-/m1/s1. The van der Waals surface area contributed by atoms with E-state index in [4.69, 9.17) is 10.5 Å². The van der Waals surface area contributed by atoms with Crippen molar-refractivity contribution in [1.82, 2.24) is 29.3 Å². The fourth-order valence-corrected chi connectivity index (χ4v) is 4.16. The Morgan fingerprint density at radius 2 is 1.97 bits per heavy atom. The number of aromatic nitrogens is 4. The normalized spacial score (nSPS) is 29.3. The summed E-state index contributed by atoms with van der Waals surface area (Å²) in [6.45, 7) is 7.03. The molecule has 10 nitrogen and oxygen atoms in total. The van der Waals surface area contributed by atoms with Gasteiger partial charge in [-0.1, -0.05) is 6.92 Å². The second-order valence-electron chi connectivity index (χ2n) is 8.42. The van der Waals surface area contributed by atoms with Crippen LogP contribution in [0, 0.1) is 5.92 Å². The third-order valence-corrected chi connectivity index (χ3v) is 6.16. The van der Waals surface area contributed by atoms with E-state index in [2.05, 4.69) is 31.7 Å². The van der Waals surface area contributed by atoms with Gasteiger partial charge >= 0.3 is 0 Å². The summed E-state index contributed by atoms with van der Waals surface area (Å²) >= 11 is 0. The van der Waals surface area contributed by atoms with Crippen LogP contribution >= 0.6 is 0 Å². The lowest BCUT2D eigenvalue weighted by molar-refractivity contribution is -0.0426. The minimum Gasteiger partial charge on any atom is -0.387 e. The highest BCUT2D eigenvalue weighted by atomic mass is 16.6. The van der Waals surface area contributed by atoms with E-state index < -0.39 is 24.5 Å². The number of aliphatic hydroxyl groups is 2. The summed E-state index contributed by atoms with van der Waals surface area (Å²) in [6, 6.07) is 0. The second-order valence-corrected chi connectivity index (χ2v) is 8.42. The van der Waals surface area contributed by atoms with Gasteiger partial charge in [0.2, 0.25) is 0 Å². The Morgan fingerprint density at radius 1 is 1.21 bits per heavy atom. The summed E-state index contributed by atoms with van der Waals surface area (Å²) in [4.78, 5) is 17.0. The van der Waals surface area contributed by atoms with Gasteiger partial charge in [0.15, 0.2) is 17.7 Å². The molecule has 2 aliphatic heterocycles. The molecule has 0 bridgehead atoms. The van der Waals surface area contributed by atoms with Crippen molar-refractivity contribution in [2.24, 2.45) is 5.92 Å². The Bertz CT molecular complexity index is 823.